The Labute approximate surface area is 254 Å². The Kier molecular flexibility index (Phi) is 7.64. The molecule has 2 N–H and O–H groups in total. The van der Waals surface area contributed by atoms with E-state index in [0.717, 1.165) is 44.6 Å². The first kappa shape index (κ1) is 27.8. The first-order valence-corrected chi connectivity index (χ1v) is 14.7. The van der Waals surface area contributed by atoms with Crippen LogP contribution in [-0.4, -0.2) is 0 Å². The zero-order chi connectivity index (χ0) is 29.9. The molecule has 0 aliphatic rings. The highest BCUT2D eigenvalue weighted by atomic mass is 14.6. The lowest BCUT2D eigenvalue weighted by molar-refractivity contribution is 1.50. The zero-order valence-electron chi connectivity index (χ0n) is 24.8. The van der Waals surface area contributed by atoms with Gasteiger partial charge in [-0.25, -0.2) is 0 Å². The van der Waals surface area contributed by atoms with Crippen molar-refractivity contribution in [1.82, 2.24) is 0 Å². The third kappa shape index (κ3) is 5.22. The molecule has 6 aromatic rings. The first-order chi connectivity index (χ1) is 21.0. The molecule has 0 spiro atoms. The standard InChI is InChI=1S/C42H35N/c1-5-8-16-40(43)30-21-19-29(20-22-30)31-12-11-13-34(26-31)41-36(6-2)37(7-3)42(39-15-10-9-14-38(39)41)35-24-23-32-25-28(4)17-18-33(32)27-35/h5-27H,2-3,43H2,1,4H3/b8-5-,40-16-. The minimum atomic E-state index is 0.749. The summed E-state index contributed by atoms with van der Waals surface area (Å²) >= 11 is 0. The first-order valence-electron chi connectivity index (χ1n) is 14.7. The Hall–Kier alpha value is -5.40. The number of aryl methyl sites for hydroxylation is 1. The third-order valence-electron chi connectivity index (χ3n) is 8.16. The maximum Gasteiger partial charge on any atom is 0.0387 e. The molecule has 0 saturated carbocycles. The maximum absolute atomic E-state index is 6.26. The van der Waals surface area contributed by atoms with E-state index in [1.807, 2.05) is 37.3 Å². The number of allylic oxidation sites excluding steroid dienone is 3. The molecule has 1 nitrogen and oxygen atoms in total. The summed E-state index contributed by atoms with van der Waals surface area (Å²) in [4.78, 5) is 0. The van der Waals surface area contributed by atoms with Crippen LogP contribution in [0.25, 0.3) is 72.8 Å². The third-order valence-corrected chi connectivity index (χ3v) is 8.16. The van der Waals surface area contributed by atoms with E-state index >= 15 is 0 Å². The number of fused-ring (bicyclic) bond motifs is 2. The van der Waals surface area contributed by atoms with Crippen molar-refractivity contribution in [3.63, 3.8) is 0 Å². The van der Waals surface area contributed by atoms with Crippen molar-refractivity contribution in [3.05, 3.63) is 163 Å². The van der Waals surface area contributed by atoms with E-state index in [2.05, 4.69) is 129 Å². The average molecular weight is 554 g/mol. The molecule has 0 aliphatic carbocycles. The molecule has 6 rings (SSSR count). The lowest BCUT2D eigenvalue weighted by atomic mass is 9.82. The SMILES string of the molecule is C=Cc1c(C=C)c(-c2ccc3cc(C)ccc3c2)c2ccccc2c1-c1cccc(-c2ccc(/C(N)=C/C=C\C)cc2)c1. The highest BCUT2D eigenvalue weighted by Crippen LogP contribution is 2.44. The summed E-state index contributed by atoms with van der Waals surface area (Å²) < 4.78 is 0. The van der Waals surface area contributed by atoms with Crippen LogP contribution in [0.15, 0.2) is 141 Å². The van der Waals surface area contributed by atoms with Crippen LogP contribution in [0, 0.1) is 6.92 Å². The van der Waals surface area contributed by atoms with Crippen LogP contribution in [-0.2, 0) is 0 Å². The van der Waals surface area contributed by atoms with E-state index in [9.17, 15) is 0 Å². The molecular weight excluding hydrogens is 518 g/mol. The minimum absolute atomic E-state index is 0.749. The number of hydrogen-bond acceptors (Lipinski definition) is 1. The van der Waals surface area contributed by atoms with E-state index in [4.69, 9.17) is 5.73 Å². The van der Waals surface area contributed by atoms with Gasteiger partial charge in [-0.2, -0.15) is 0 Å². The molecule has 0 saturated heterocycles. The van der Waals surface area contributed by atoms with Crippen LogP contribution in [0.2, 0.25) is 0 Å². The highest BCUT2D eigenvalue weighted by molar-refractivity contribution is 6.12. The molecule has 0 bridgehead atoms. The van der Waals surface area contributed by atoms with Crippen molar-refractivity contribution >= 4 is 39.4 Å². The maximum atomic E-state index is 6.26. The van der Waals surface area contributed by atoms with Gasteiger partial charge in [0, 0.05) is 5.70 Å². The number of nitrogens with two attached hydrogens (primary N) is 1. The van der Waals surface area contributed by atoms with Crippen LogP contribution < -0.4 is 5.73 Å². The topological polar surface area (TPSA) is 26.0 Å². The smallest absolute Gasteiger partial charge is 0.0387 e. The van der Waals surface area contributed by atoms with Crippen molar-refractivity contribution in [2.45, 2.75) is 13.8 Å². The summed E-state index contributed by atoms with van der Waals surface area (Å²) in [5.74, 6) is 0. The normalized spacial score (nSPS) is 11.8. The monoisotopic (exact) mass is 553 g/mol. The van der Waals surface area contributed by atoms with Crippen molar-refractivity contribution in [1.29, 1.82) is 0 Å². The van der Waals surface area contributed by atoms with Crippen LogP contribution in [0.3, 0.4) is 0 Å². The zero-order valence-corrected chi connectivity index (χ0v) is 24.8. The van der Waals surface area contributed by atoms with Gasteiger partial charge in [0.1, 0.15) is 0 Å². The van der Waals surface area contributed by atoms with E-state index in [1.165, 1.54) is 38.2 Å². The van der Waals surface area contributed by atoms with Gasteiger partial charge < -0.3 is 5.73 Å². The quantitative estimate of drug-likeness (QED) is 0.196. The van der Waals surface area contributed by atoms with E-state index in [1.54, 1.807) is 0 Å². The van der Waals surface area contributed by atoms with E-state index < -0.39 is 0 Å². The van der Waals surface area contributed by atoms with Gasteiger partial charge in [0.05, 0.1) is 0 Å². The van der Waals surface area contributed by atoms with Gasteiger partial charge in [0.15, 0.2) is 0 Å². The molecule has 0 amide bonds. The second-order valence-corrected chi connectivity index (χ2v) is 10.9. The summed E-state index contributed by atoms with van der Waals surface area (Å²) in [7, 11) is 0. The average Bonchev–Trinajstić information content (AvgIpc) is 3.05. The van der Waals surface area contributed by atoms with Crippen LogP contribution in [0.4, 0.5) is 0 Å². The van der Waals surface area contributed by atoms with Gasteiger partial charge >= 0.3 is 0 Å². The minimum Gasteiger partial charge on any atom is -0.398 e. The largest absolute Gasteiger partial charge is 0.398 e. The summed E-state index contributed by atoms with van der Waals surface area (Å²) in [6.45, 7) is 12.7. The Balaban J connectivity index is 1.53. The summed E-state index contributed by atoms with van der Waals surface area (Å²) in [5.41, 5.74) is 18.4. The van der Waals surface area contributed by atoms with Gasteiger partial charge in [-0.05, 0) is 104 Å². The predicted molar refractivity (Wildman–Crippen MR) is 190 cm³/mol. The van der Waals surface area contributed by atoms with E-state index in [-0.39, 0.29) is 0 Å². The second kappa shape index (κ2) is 11.8. The second-order valence-electron chi connectivity index (χ2n) is 10.9. The fourth-order valence-electron chi connectivity index (χ4n) is 6.05. The van der Waals surface area contributed by atoms with Gasteiger partial charge in [-0.15, -0.1) is 0 Å². The highest BCUT2D eigenvalue weighted by Gasteiger charge is 2.19. The van der Waals surface area contributed by atoms with Crippen LogP contribution in [0.5, 0.6) is 0 Å². The number of hydrogen-bond donors (Lipinski definition) is 1. The predicted octanol–water partition coefficient (Wildman–Crippen LogP) is 11.5. The number of benzene rings is 6. The molecule has 0 aromatic heterocycles. The number of rotatable bonds is 7. The lowest BCUT2D eigenvalue weighted by Crippen LogP contribution is -1.96. The molecule has 0 atom stereocenters. The molecule has 43 heavy (non-hydrogen) atoms. The molecule has 0 radical (unpaired) electrons. The molecule has 6 aromatic carbocycles. The van der Waals surface area contributed by atoms with Gasteiger partial charge in [-0.3, -0.25) is 0 Å². The van der Waals surface area contributed by atoms with Crippen LogP contribution in [0.1, 0.15) is 29.2 Å². The van der Waals surface area contributed by atoms with Crippen molar-refractivity contribution in [2.75, 3.05) is 0 Å². The molecule has 0 unspecified atom stereocenters. The summed E-state index contributed by atoms with van der Waals surface area (Å²) in [5, 5.41) is 4.86. The summed E-state index contributed by atoms with van der Waals surface area (Å²) in [6.07, 6.45) is 9.82. The molecular formula is C42H35N. The molecule has 0 fully saturated rings. The lowest BCUT2D eigenvalue weighted by Gasteiger charge is -2.21. The van der Waals surface area contributed by atoms with Crippen LogP contribution >= 0.6 is 0 Å². The fraction of sp³-hybridized carbons (Fsp3) is 0.0476. The molecule has 208 valence electrons. The summed E-state index contributed by atoms with van der Waals surface area (Å²) in [6, 6.07) is 39.2. The molecule has 0 heterocycles. The Bertz CT molecular complexity index is 2070. The Morgan fingerprint density at radius 2 is 1.19 bits per heavy atom. The van der Waals surface area contributed by atoms with Crippen molar-refractivity contribution in [2.24, 2.45) is 5.73 Å². The molecule has 1 heteroatoms. The Morgan fingerprint density at radius 3 is 1.84 bits per heavy atom. The van der Waals surface area contributed by atoms with Gasteiger partial charge in [0.2, 0.25) is 0 Å². The van der Waals surface area contributed by atoms with Crippen molar-refractivity contribution < 1.29 is 0 Å². The fourth-order valence-corrected chi connectivity index (χ4v) is 6.05. The molecule has 0 aliphatic heterocycles. The van der Waals surface area contributed by atoms with Gasteiger partial charge in [0.25, 0.3) is 0 Å². The van der Waals surface area contributed by atoms with Crippen molar-refractivity contribution in [3.8, 4) is 33.4 Å². The van der Waals surface area contributed by atoms with E-state index in [0.29, 0.717) is 0 Å². The Morgan fingerprint density at radius 1 is 0.605 bits per heavy atom. The van der Waals surface area contributed by atoms with Gasteiger partial charge in [-0.1, -0.05) is 140 Å².